The highest BCUT2D eigenvalue weighted by Gasteiger charge is 2.32. The van der Waals surface area contributed by atoms with E-state index in [1.54, 1.807) is 0 Å². The number of thiophene rings is 1. The predicted octanol–water partition coefficient (Wildman–Crippen LogP) is 2.15. The van der Waals surface area contributed by atoms with E-state index in [0.29, 0.717) is 11.3 Å². The Labute approximate surface area is 174 Å². The highest BCUT2D eigenvalue weighted by Crippen LogP contribution is 2.34. The summed E-state index contributed by atoms with van der Waals surface area (Å²) in [5.74, 6) is -2.49. The fourth-order valence-corrected chi connectivity index (χ4v) is 5.39. The van der Waals surface area contributed by atoms with E-state index in [0.717, 1.165) is 20.3 Å². The van der Waals surface area contributed by atoms with Crippen LogP contribution in [0.25, 0.3) is 5.69 Å². The molecular formula is C17H15FN4O6S2. The standard InChI is InChI=1S/C17H15FN4O6S2/c1-9-13(15(23)27-2)17(29-14(9)16(24)28-3)30(25,26)21-10-4-5-12(11(18)6-10)22-8-19-7-20-22/h4-8,21H,1-3H3. The smallest absolute Gasteiger partial charge is 0.348 e. The van der Waals surface area contributed by atoms with Crippen LogP contribution in [0.1, 0.15) is 25.6 Å². The maximum atomic E-state index is 14.4. The summed E-state index contributed by atoms with van der Waals surface area (Å²) in [6, 6.07) is 3.58. The van der Waals surface area contributed by atoms with E-state index in [1.165, 1.54) is 36.4 Å². The molecule has 3 rings (SSSR count). The van der Waals surface area contributed by atoms with Crippen LogP contribution in [0.5, 0.6) is 0 Å². The van der Waals surface area contributed by atoms with Crippen LogP contribution in [0.3, 0.4) is 0 Å². The summed E-state index contributed by atoms with van der Waals surface area (Å²) < 4.78 is 52.5. The average Bonchev–Trinajstić information content (AvgIpc) is 3.35. The van der Waals surface area contributed by atoms with Crippen molar-refractivity contribution in [3.63, 3.8) is 0 Å². The third kappa shape index (κ3) is 3.89. The molecule has 0 unspecified atom stereocenters. The molecule has 0 atom stereocenters. The Morgan fingerprint density at radius 3 is 2.47 bits per heavy atom. The zero-order valence-electron chi connectivity index (χ0n) is 15.9. The van der Waals surface area contributed by atoms with Crippen molar-refractivity contribution in [2.75, 3.05) is 18.9 Å². The largest absolute Gasteiger partial charge is 0.465 e. The molecule has 1 N–H and O–H groups in total. The van der Waals surface area contributed by atoms with Crippen molar-refractivity contribution in [1.29, 1.82) is 0 Å². The lowest BCUT2D eigenvalue weighted by Gasteiger charge is -2.10. The number of esters is 2. The molecule has 2 heterocycles. The van der Waals surface area contributed by atoms with Crippen LogP contribution in [0.4, 0.5) is 10.1 Å². The summed E-state index contributed by atoms with van der Waals surface area (Å²) >= 11 is 0.552. The molecule has 0 bridgehead atoms. The van der Waals surface area contributed by atoms with Crippen LogP contribution in [-0.2, 0) is 19.5 Å². The van der Waals surface area contributed by atoms with Gasteiger partial charge >= 0.3 is 11.9 Å². The number of aromatic nitrogens is 3. The summed E-state index contributed by atoms with van der Waals surface area (Å²) in [6.45, 7) is 1.40. The van der Waals surface area contributed by atoms with Crippen molar-refractivity contribution in [1.82, 2.24) is 14.8 Å². The molecule has 0 saturated heterocycles. The Morgan fingerprint density at radius 1 is 1.20 bits per heavy atom. The van der Waals surface area contributed by atoms with Crippen LogP contribution < -0.4 is 4.72 Å². The first-order chi connectivity index (χ1) is 14.2. The second kappa shape index (κ2) is 8.20. The zero-order chi connectivity index (χ0) is 22.1. The van der Waals surface area contributed by atoms with Gasteiger partial charge in [0.2, 0.25) is 0 Å². The molecule has 3 aromatic rings. The molecule has 1 aromatic carbocycles. The second-order valence-corrected chi connectivity index (χ2v) is 8.71. The number of benzene rings is 1. The Bertz CT molecular complexity index is 1220. The Hall–Kier alpha value is -3.32. The van der Waals surface area contributed by atoms with Crippen molar-refractivity contribution < 1.29 is 31.9 Å². The van der Waals surface area contributed by atoms with Gasteiger partial charge in [0.25, 0.3) is 10.0 Å². The SMILES string of the molecule is COC(=O)c1sc(S(=O)(=O)Nc2ccc(-n3cncn3)c(F)c2)c(C(=O)OC)c1C. The average molecular weight is 454 g/mol. The van der Waals surface area contributed by atoms with Gasteiger partial charge in [-0.2, -0.15) is 5.10 Å². The minimum Gasteiger partial charge on any atom is -0.465 e. The summed E-state index contributed by atoms with van der Waals surface area (Å²) in [5.41, 5.74) is -0.231. The molecule has 0 amide bonds. The Kier molecular flexibility index (Phi) is 5.85. The quantitative estimate of drug-likeness (QED) is 0.561. The maximum Gasteiger partial charge on any atom is 0.348 e. The number of rotatable bonds is 6. The van der Waals surface area contributed by atoms with Crippen LogP contribution in [-0.4, -0.2) is 49.3 Å². The number of carbonyl (C=O) groups is 2. The summed E-state index contributed by atoms with van der Waals surface area (Å²) in [4.78, 5) is 27.8. The van der Waals surface area contributed by atoms with Gasteiger partial charge in [-0.1, -0.05) is 0 Å². The Morgan fingerprint density at radius 2 is 1.90 bits per heavy atom. The predicted molar refractivity (Wildman–Crippen MR) is 104 cm³/mol. The summed E-state index contributed by atoms with van der Waals surface area (Å²) in [5, 5.41) is 3.81. The number of anilines is 1. The molecule has 0 aliphatic rings. The summed E-state index contributed by atoms with van der Waals surface area (Å²) in [7, 11) is -2.15. The van der Waals surface area contributed by atoms with Gasteiger partial charge in [0.1, 0.15) is 23.2 Å². The van der Waals surface area contributed by atoms with Crippen molar-refractivity contribution in [3.05, 3.63) is 52.7 Å². The van der Waals surface area contributed by atoms with Crippen molar-refractivity contribution in [2.24, 2.45) is 0 Å². The van der Waals surface area contributed by atoms with E-state index in [9.17, 15) is 22.4 Å². The van der Waals surface area contributed by atoms with Gasteiger partial charge < -0.3 is 9.47 Å². The number of sulfonamides is 1. The molecule has 0 saturated carbocycles. The van der Waals surface area contributed by atoms with E-state index in [-0.39, 0.29) is 27.4 Å². The normalized spacial score (nSPS) is 11.2. The first kappa shape index (κ1) is 21.4. The lowest BCUT2D eigenvalue weighted by Crippen LogP contribution is -2.16. The summed E-state index contributed by atoms with van der Waals surface area (Å²) in [6.07, 6.45) is 2.51. The fourth-order valence-electron chi connectivity index (χ4n) is 2.59. The number of carbonyl (C=O) groups excluding carboxylic acids is 2. The number of halogens is 1. The topological polar surface area (TPSA) is 129 Å². The van der Waals surface area contributed by atoms with E-state index in [2.05, 4.69) is 24.3 Å². The molecule has 0 aliphatic heterocycles. The number of methoxy groups -OCH3 is 2. The minimum absolute atomic E-state index is 0.0608. The molecule has 2 aromatic heterocycles. The minimum atomic E-state index is -4.37. The molecule has 0 spiro atoms. The third-order valence-corrected chi connectivity index (χ3v) is 7.16. The van der Waals surface area contributed by atoms with Crippen molar-refractivity contribution in [3.8, 4) is 5.69 Å². The van der Waals surface area contributed by atoms with Gasteiger partial charge in [-0.3, -0.25) is 4.72 Å². The van der Waals surface area contributed by atoms with E-state index >= 15 is 0 Å². The van der Waals surface area contributed by atoms with Gasteiger partial charge in [0, 0.05) is 6.07 Å². The lowest BCUT2D eigenvalue weighted by molar-refractivity contribution is 0.0596. The van der Waals surface area contributed by atoms with Gasteiger partial charge in [0.05, 0.1) is 25.5 Å². The molecule has 0 aliphatic carbocycles. The van der Waals surface area contributed by atoms with Crippen LogP contribution in [0.15, 0.2) is 35.1 Å². The lowest BCUT2D eigenvalue weighted by atomic mass is 10.2. The van der Waals surface area contributed by atoms with Crippen molar-refractivity contribution in [2.45, 2.75) is 11.1 Å². The first-order valence-corrected chi connectivity index (χ1v) is 10.5. The number of hydrogen-bond acceptors (Lipinski definition) is 9. The number of ether oxygens (including phenoxy) is 2. The zero-order valence-corrected chi connectivity index (χ0v) is 17.5. The molecule has 0 radical (unpaired) electrons. The molecule has 0 fully saturated rings. The van der Waals surface area contributed by atoms with E-state index in [4.69, 9.17) is 0 Å². The maximum absolute atomic E-state index is 14.4. The van der Waals surface area contributed by atoms with E-state index < -0.39 is 32.0 Å². The van der Waals surface area contributed by atoms with Gasteiger partial charge in [-0.25, -0.2) is 32.1 Å². The van der Waals surface area contributed by atoms with Gasteiger partial charge in [0.15, 0.2) is 10.0 Å². The van der Waals surface area contributed by atoms with Gasteiger partial charge in [-0.15, -0.1) is 11.3 Å². The number of nitrogens with zero attached hydrogens (tertiary/aromatic N) is 3. The van der Waals surface area contributed by atoms with Crippen LogP contribution >= 0.6 is 11.3 Å². The number of hydrogen-bond donors (Lipinski definition) is 1. The second-order valence-electron chi connectivity index (χ2n) is 5.81. The monoisotopic (exact) mass is 454 g/mol. The Balaban J connectivity index is 2.03. The first-order valence-electron chi connectivity index (χ1n) is 8.17. The third-order valence-electron chi connectivity index (χ3n) is 3.98. The molecule has 158 valence electrons. The molecule has 13 heteroatoms. The fraction of sp³-hybridized carbons (Fsp3) is 0.176. The molecule has 30 heavy (non-hydrogen) atoms. The highest BCUT2D eigenvalue weighted by atomic mass is 32.2. The highest BCUT2D eigenvalue weighted by molar-refractivity contribution is 7.94. The van der Waals surface area contributed by atoms with Crippen molar-refractivity contribution >= 4 is 39.0 Å². The molecule has 10 nitrogen and oxygen atoms in total. The van der Waals surface area contributed by atoms with E-state index in [1.807, 2.05) is 0 Å². The van der Waals surface area contributed by atoms with Crippen LogP contribution in [0.2, 0.25) is 0 Å². The van der Waals surface area contributed by atoms with Crippen LogP contribution in [0, 0.1) is 12.7 Å². The number of nitrogens with one attached hydrogen (secondary N) is 1. The van der Waals surface area contributed by atoms with Gasteiger partial charge in [-0.05, 0) is 24.6 Å². The molecular weight excluding hydrogens is 439 g/mol.